The molecule has 0 spiro atoms. The van der Waals surface area contributed by atoms with E-state index in [2.05, 4.69) is 20.9 Å². The molecule has 1 aromatic heterocycles. The molecule has 18 heavy (non-hydrogen) atoms. The van der Waals surface area contributed by atoms with E-state index in [1.807, 2.05) is 0 Å². The maximum absolute atomic E-state index is 12.9. The minimum absolute atomic E-state index is 0.0372. The zero-order chi connectivity index (χ0) is 13.1. The van der Waals surface area contributed by atoms with E-state index in [1.54, 1.807) is 6.07 Å². The third kappa shape index (κ3) is 2.95. The number of aromatic nitrogens is 1. The number of carboxylic acid groups (broad SMARTS) is 1. The monoisotopic (exact) mass is 313 g/mol. The standard InChI is InChI=1S/C12H9BrFNO3/c13-9-5-7(14)1-2-8(9)10-6-15-11(18-10)3-4-12(16)17/h1-2,5-6H,3-4H2,(H,16,17). The zero-order valence-corrected chi connectivity index (χ0v) is 10.8. The molecule has 0 unspecified atom stereocenters. The summed E-state index contributed by atoms with van der Waals surface area (Å²) in [5.41, 5.74) is 0.672. The van der Waals surface area contributed by atoms with Gasteiger partial charge < -0.3 is 9.52 Å². The van der Waals surface area contributed by atoms with Gasteiger partial charge in [0.25, 0.3) is 0 Å². The molecule has 0 aliphatic heterocycles. The molecule has 0 fully saturated rings. The SMILES string of the molecule is O=C(O)CCc1ncc(-c2ccc(F)cc2Br)o1. The summed E-state index contributed by atoms with van der Waals surface area (Å²) in [5.74, 6) is -0.431. The zero-order valence-electron chi connectivity index (χ0n) is 9.19. The summed E-state index contributed by atoms with van der Waals surface area (Å²) in [7, 11) is 0. The number of hydrogen-bond acceptors (Lipinski definition) is 3. The predicted octanol–water partition coefficient (Wildman–Crippen LogP) is 3.26. The third-order valence-electron chi connectivity index (χ3n) is 2.30. The largest absolute Gasteiger partial charge is 0.481 e. The highest BCUT2D eigenvalue weighted by molar-refractivity contribution is 9.10. The lowest BCUT2D eigenvalue weighted by atomic mass is 10.2. The number of aryl methyl sites for hydroxylation is 1. The van der Waals surface area contributed by atoms with Gasteiger partial charge in [-0.2, -0.15) is 0 Å². The van der Waals surface area contributed by atoms with Gasteiger partial charge in [-0.1, -0.05) is 0 Å². The first-order valence-electron chi connectivity index (χ1n) is 5.18. The molecular formula is C12H9BrFNO3. The van der Waals surface area contributed by atoms with Crippen molar-refractivity contribution < 1.29 is 18.7 Å². The maximum Gasteiger partial charge on any atom is 0.303 e. The topological polar surface area (TPSA) is 63.3 Å². The lowest BCUT2D eigenvalue weighted by molar-refractivity contribution is -0.137. The highest BCUT2D eigenvalue weighted by Crippen LogP contribution is 2.29. The van der Waals surface area contributed by atoms with Crippen molar-refractivity contribution in [1.29, 1.82) is 0 Å². The summed E-state index contributed by atoms with van der Waals surface area (Å²) < 4.78 is 18.9. The number of rotatable bonds is 4. The van der Waals surface area contributed by atoms with Crippen LogP contribution in [0.1, 0.15) is 12.3 Å². The molecule has 1 aromatic carbocycles. The molecule has 4 nitrogen and oxygen atoms in total. The molecule has 0 atom stereocenters. The second kappa shape index (κ2) is 5.30. The number of carboxylic acids is 1. The Bertz CT molecular complexity index is 582. The van der Waals surface area contributed by atoms with E-state index in [1.165, 1.54) is 18.3 Å². The van der Waals surface area contributed by atoms with Crippen LogP contribution in [0.25, 0.3) is 11.3 Å². The molecule has 0 saturated carbocycles. The van der Waals surface area contributed by atoms with E-state index in [9.17, 15) is 9.18 Å². The summed E-state index contributed by atoms with van der Waals surface area (Å²) in [6, 6.07) is 4.22. The van der Waals surface area contributed by atoms with Crippen molar-refractivity contribution in [3.8, 4) is 11.3 Å². The van der Waals surface area contributed by atoms with E-state index in [-0.39, 0.29) is 18.7 Å². The highest BCUT2D eigenvalue weighted by Gasteiger charge is 2.11. The fourth-order valence-electron chi connectivity index (χ4n) is 1.45. The summed E-state index contributed by atoms with van der Waals surface area (Å²) in [6.07, 6.45) is 1.69. The van der Waals surface area contributed by atoms with E-state index < -0.39 is 5.97 Å². The molecule has 6 heteroatoms. The minimum atomic E-state index is -0.905. The van der Waals surface area contributed by atoms with E-state index in [4.69, 9.17) is 9.52 Å². The Balaban J connectivity index is 2.21. The minimum Gasteiger partial charge on any atom is -0.481 e. The Morgan fingerprint density at radius 2 is 2.28 bits per heavy atom. The molecule has 0 amide bonds. The molecule has 0 bridgehead atoms. The van der Waals surface area contributed by atoms with Crippen LogP contribution in [0.5, 0.6) is 0 Å². The van der Waals surface area contributed by atoms with E-state index in [0.29, 0.717) is 21.7 Å². The Morgan fingerprint density at radius 1 is 1.50 bits per heavy atom. The smallest absolute Gasteiger partial charge is 0.303 e. The summed E-state index contributed by atoms with van der Waals surface area (Å²) in [4.78, 5) is 14.4. The van der Waals surface area contributed by atoms with Crippen molar-refractivity contribution in [3.05, 3.63) is 40.6 Å². The van der Waals surface area contributed by atoms with Crippen molar-refractivity contribution in [2.45, 2.75) is 12.8 Å². The Kier molecular flexibility index (Phi) is 3.76. The lowest BCUT2D eigenvalue weighted by Gasteiger charge is -2.00. The quantitative estimate of drug-likeness (QED) is 0.941. The number of halogens is 2. The van der Waals surface area contributed by atoms with Gasteiger partial charge in [0.15, 0.2) is 11.7 Å². The molecule has 0 aliphatic carbocycles. The van der Waals surface area contributed by atoms with Gasteiger partial charge in [0, 0.05) is 16.5 Å². The van der Waals surface area contributed by atoms with Gasteiger partial charge in [0.05, 0.1) is 12.6 Å². The van der Waals surface area contributed by atoms with Gasteiger partial charge in [0.2, 0.25) is 0 Å². The van der Waals surface area contributed by atoms with Crippen molar-refractivity contribution in [2.75, 3.05) is 0 Å². The molecule has 94 valence electrons. The molecule has 0 saturated heterocycles. The number of benzene rings is 1. The Labute approximate surface area is 111 Å². The number of hydrogen-bond donors (Lipinski definition) is 1. The van der Waals surface area contributed by atoms with Crippen LogP contribution in [0.4, 0.5) is 4.39 Å². The van der Waals surface area contributed by atoms with Crippen LogP contribution in [0.15, 0.2) is 33.3 Å². The molecule has 0 aliphatic rings. The van der Waals surface area contributed by atoms with Crippen molar-refractivity contribution in [3.63, 3.8) is 0 Å². The second-order valence-electron chi connectivity index (χ2n) is 3.64. The van der Waals surface area contributed by atoms with Crippen LogP contribution < -0.4 is 0 Å². The van der Waals surface area contributed by atoms with Crippen molar-refractivity contribution in [2.24, 2.45) is 0 Å². The van der Waals surface area contributed by atoms with Crippen LogP contribution in [-0.2, 0) is 11.2 Å². The van der Waals surface area contributed by atoms with Gasteiger partial charge in [-0.3, -0.25) is 4.79 Å². The number of nitrogens with zero attached hydrogens (tertiary/aromatic N) is 1. The van der Waals surface area contributed by atoms with Gasteiger partial charge in [-0.25, -0.2) is 9.37 Å². The first-order chi connectivity index (χ1) is 8.56. The van der Waals surface area contributed by atoms with Crippen LogP contribution >= 0.6 is 15.9 Å². The van der Waals surface area contributed by atoms with E-state index in [0.717, 1.165) is 0 Å². The predicted molar refractivity (Wildman–Crippen MR) is 65.6 cm³/mol. The fourth-order valence-corrected chi connectivity index (χ4v) is 2.00. The number of oxazole rings is 1. The molecule has 1 heterocycles. The number of carbonyl (C=O) groups is 1. The van der Waals surface area contributed by atoms with Crippen molar-refractivity contribution >= 4 is 21.9 Å². The summed E-state index contributed by atoms with van der Waals surface area (Å²) >= 11 is 3.23. The molecule has 1 N–H and O–H groups in total. The molecular weight excluding hydrogens is 305 g/mol. The second-order valence-corrected chi connectivity index (χ2v) is 4.49. The van der Waals surface area contributed by atoms with Gasteiger partial charge >= 0.3 is 5.97 Å². The Morgan fingerprint density at radius 3 is 2.94 bits per heavy atom. The molecule has 0 radical (unpaired) electrons. The average Bonchev–Trinajstić information content (AvgIpc) is 2.75. The van der Waals surface area contributed by atoms with Crippen LogP contribution in [-0.4, -0.2) is 16.1 Å². The average molecular weight is 314 g/mol. The lowest BCUT2D eigenvalue weighted by Crippen LogP contribution is -1.97. The molecule has 2 aromatic rings. The Hall–Kier alpha value is -1.69. The molecule has 2 rings (SSSR count). The highest BCUT2D eigenvalue weighted by atomic mass is 79.9. The van der Waals surface area contributed by atoms with Crippen LogP contribution in [0.3, 0.4) is 0 Å². The summed E-state index contributed by atoms with van der Waals surface area (Å²) in [6.45, 7) is 0. The summed E-state index contributed by atoms with van der Waals surface area (Å²) in [5, 5.41) is 8.55. The van der Waals surface area contributed by atoms with Crippen molar-refractivity contribution in [1.82, 2.24) is 4.98 Å². The van der Waals surface area contributed by atoms with Crippen LogP contribution in [0, 0.1) is 5.82 Å². The van der Waals surface area contributed by atoms with Gasteiger partial charge in [-0.15, -0.1) is 0 Å². The maximum atomic E-state index is 12.9. The normalized spacial score (nSPS) is 10.6. The third-order valence-corrected chi connectivity index (χ3v) is 2.96. The van der Waals surface area contributed by atoms with Crippen LogP contribution in [0.2, 0.25) is 0 Å². The first kappa shape index (κ1) is 12.8. The van der Waals surface area contributed by atoms with Gasteiger partial charge in [-0.05, 0) is 34.1 Å². The fraction of sp³-hybridized carbons (Fsp3) is 0.167. The van der Waals surface area contributed by atoms with E-state index >= 15 is 0 Å². The number of aliphatic carboxylic acids is 1. The first-order valence-corrected chi connectivity index (χ1v) is 5.97. The van der Waals surface area contributed by atoms with Gasteiger partial charge in [0.1, 0.15) is 5.82 Å².